The van der Waals surface area contributed by atoms with Crippen molar-refractivity contribution in [2.45, 2.75) is 4.90 Å². The number of aromatic nitrogens is 1. The first-order valence-electron chi connectivity index (χ1n) is 5.77. The van der Waals surface area contributed by atoms with Gasteiger partial charge in [0, 0.05) is 11.1 Å². The molecule has 0 spiro atoms. The first-order chi connectivity index (χ1) is 9.95. The highest BCUT2D eigenvalue weighted by atomic mass is 35.5. The van der Waals surface area contributed by atoms with Crippen molar-refractivity contribution in [3.05, 3.63) is 52.8 Å². The number of hydrogen-bond donors (Lipinski definition) is 1. The summed E-state index contributed by atoms with van der Waals surface area (Å²) in [6.07, 6.45) is 1.25. The maximum Gasteiger partial charge on any atom is 0.262 e. The van der Waals surface area contributed by atoms with Crippen molar-refractivity contribution in [1.29, 1.82) is 0 Å². The van der Waals surface area contributed by atoms with E-state index in [4.69, 9.17) is 27.6 Å². The van der Waals surface area contributed by atoms with Gasteiger partial charge in [0.05, 0.1) is 15.6 Å². The molecule has 0 saturated heterocycles. The molecule has 3 rings (SSSR count). The van der Waals surface area contributed by atoms with Crippen LogP contribution >= 0.6 is 23.2 Å². The van der Waals surface area contributed by atoms with E-state index in [1.165, 1.54) is 30.7 Å². The number of rotatable bonds is 3. The highest BCUT2D eigenvalue weighted by molar-refractivity contribution is 7.92. The maximum absolute atomic E-state index is 12.4. The molecular weight excluding hydrogens is 335 g/mol. The Morgan fingerprint density at radius 2 is 1.90 bits per heavy atom. The second-order valence-corrected chi connectivity index (χ2v) is 6.74. The highest BCUT2D eigenvalue weighted by Crippen LogP contribution is 2.28. The van der Waals surface area contributed by atoms with Gasteiger partial charge in [-0.15, -0.1) is 0 Å². The molecule has 21 heavy (non-hydrogen) atoms. The van der Waals surface area contributed by atoms with E-state index in [0.29, 0.717) is 16.1 Å². The molecule has 0 saturated carbocycles. The molecule has 0 unspecified atom stereocenters. The molecule has 2 aromatic carbocycles. The third kappa shape index (κ3) is 2.83. The molecule has 8 heteroatoms. The lowest BCUT2D eigenvalue weighted by Gasteiger charge is -2.09. The number of anilines is 1. The molecular formula is C13H8Cl2N2O3S. The number of fused-ring (bicyclic) bond motifs is 1. The van der Waals surface area contributed by atoms with Gasteiger partial charge in [-0.3, -0.25) is 4.72 Å². The van der Waals surface area contributed by atoms with E-state index in [1.54, 1.807) is 12.1 Å². The van der Waals surface area contributed by atoms with Gasteiger partial charge in [-0.2, -0.15) is 0 Å². The Kier molecular flexibility index (Phi) is 3.52. The summed E-state index contributed by atoms with van der Waals surface area (Å²) in [4.78, 5) is 3.98. The van der Waals surface area contributed by atoms with Crippen LogP contribution in [-0.2, 0) is 10.0 Å². The van der Waals surface area contributed by atoms with Crippen molar-refractivity contribution < 1.29 is 12.8 Å². The summed E-state index contributed by atoms with van der Waals surface area (Å²) in [5.41, 5.74) is 1.17. The van der Waals surface area contributed by atoms with E-state index in [2.05, 4.69) is 9.71 Å². The van der Waals surface area contributed by atoms with Gasteiger partial charge in [-0.1, -0.05) is 23.2 Å². The summed E-state index contributed by atoms with van der Waals surface area (Å²) in [5, 5.41) is 0.631. The van der Waals surface area contributed by atoms with Crippen LogP contribution in [0.3, 0.4) is 0 Å². The predicted molar refractivity (Wildman–Crippen MR) is 81.3 cm³/mol. The molecule has 108 valence electrons. The van der Waals surface area contributed by atoms with Gasteiger partial charge in [0.2, 0.25) is 0 Å². The predicted octanol–water partition coefficient (Wildman–Crippen LogP) is 3.94. The zero-order valence-electron chi connectivity index (χ0n) is 10.4. The number of nitrogens with one attached hydrogen (secondary N) is 1. The van der Waals surface area contributed by atoms with Crippen molar-refractivity contribution in [3.8, 4) is 0 Å². The summed E-state index contributed by atoms with van der Waals surface area (Å²) < 4.78 is 32.2. The van der Waals surface area contributed by atoms with E-state index in [0.717, 1.165) is 0 Å². The van der Waals surface area contributed by atoms with E-state index < -0.39 is 10.0 Å². The topological polar surface area (TPSA) is 72.2 Å². The fourth-order valence-corrected chi connectivity index (χ4v) is 3.26. The zero-order chi connectivity index (χ0) is 15.0. The van der Waals surface area contributed by atoms with Crippen molar-refractivity contribution >= 4 is 50.0 Å². The van der Waals surface area contributed by atoms with E-state index in [-0.39, 0.29) is 15.6 Å². The van der Waals surface area contributed by atoms with Crippen LogP contribution in [0.1, 0.15) is 0 Å². The lowest BCUT2D eigenvalue weighted by Crippen LogP contribution is -2.13. The number of oxazole rings is 1. The van der Waals surface area contributed by atoms with Crippen molar-refractivity contribution in [3.63, 3.8) is 0 Å². The Balaban J connectivity index is 2.01. The van der Waals surface area contributed by atoms with E-state index >= 15 is 0 Å². The van der Waals surface area contributed by atoms with Crippen LogP contribution in [0.5, 0.6) is 0 Å². The zero-order valence-corrected chi connectivity index (χ0v) is 12.7. The van der Waals surface area contributed by atoms with E-state index in [1.807, 2.05) is 0 Å². The molecule has 0 aliphatic heterocycles. The quantitative estimate of drug-likeness (QED) is 0.782. The third-order valence-corrected chi connectivity index (χ3v) is 4.71. The minimum Gasteiger partial charge on any atom is -0.443 e. The van der Waals surface area contributed by atoms with Gasteiger partial charge in [0.15, 0.2) is 12.0 Å². The van der Waals surface area contributed by atoms with Gasteiger partial charge in [0.25, 0.3) is 10.0 Å². The molecule has 0 fully saturated rings. The molecule has 0 atom stereocenters. The van der Waals surface area contributed by atoms with E-state index in [9.17, 15) is 8.42 Å². The molecule has 0 amide bonds. The van der Waals surface area contributed by atoms with Crippen molar-refractivity contribution in [2.24, 2.45) is 0 Å². The Labute approximate surface area is 130 Å². The van der Waals surface area contributed by atoms with Crippen LogP contribution in [0.15, 0.2) is 52.1 Å². The number of nitrogens with zero attached hydrogens (tertiary/aromatic N) is 1. The summed E-state index contributed by atoms with van der Waals surface area (Å²) in [7, 11) is -3.80. The molecule has 3 aromatic rings. The number of sulfonamides is 1. The fourth-order valence-electron chi connectivity index (χ4n) is 1.78. The molecule has 0 bridgehead atoms. The molecule has 0 radical (unpaired) electrons. The van der Waals surface area contributed by atoms with Gasteiger partial charge < -0.3 is 4.42 Å². The Hall–Kier alpha value is -1.76. The fraction of sp³-hybridized carbons (Fsp3) is 0. The largest absolute Gasteiger partial charge is 0.443 e. The molecule has 0 aliphatic carbocycles. The summed E-state index contributed by atoms with van der Waals surface area (Å²) in [6, 6.07) is 8.92. The van der Waals surface area contributed by atoms with Crippen molar-refractivity contribution in [1.82, 2.24) is 4.98 Å². The van der Waals surface area contributed by atoms with Crippen LogP contribution in [-0.4, -0.2) is 13.4 Å². The number of halogens is 2. The van der Waals surface area contributed by atoms with Crippen LogP contribution in [0.25, 0.3) is 11.1 Å². The first-order valence-corrected chi connectivity index (χ1v) is 8.01. The molecule has 1 aromatic heterocycles. The van der Waals surface area contributed by atoms with Gasteiger partial charge in [0.1, 0.15) is 5.52 Å². The number of hydrogen-bond acceptors (Lipinski definition) is 4. The van der Waals surface area contributed by atoms with Crippen LogP contribution in [0.2, 0.25) is 10.0 Å². The maximum atomic E-state index is 12.4. The molecule has 1 N–H and O–H groups in total. The Morgan fingerprint density at radius 3 is 2.71 bits per heavy atom. The van der Waals surface area contributed by atoms with Crippen LogP contribution < -0.4 is 4.72 Å². The number of benzene rings is 2. The smallest absolute Gasteiger partial charge is 0.262 e. The monoisotopic (exact) mass is 342 g/mol. The molecule has 1 heterocycles. The van der Waals surface area contributed by atoms with Crippen molar-refractivity contribution in [2.75, 3.05) is 4.72 Å². The highest BCUT2D eigenvalue weighted by Gasteiger charge is 2.17. The average molecular weight is 343 g/mol. The lowest BCUT2D eigenvalue weighted by molar-refractivity contribution is 0.594. The Morgan fingerprint density at radius 1 is 1.10 bits per heavy atom. The summed E-state index contributed by atoms with van der Waals surface area (Å²) in [6.45, 7) is 0. The van der Waals surface area contributed by atoms with Gasteiger partial charge in [-0.05, 0) is 30.3 Å². The Bertz CT molecular complexity index is 922. The summed E-state index contributed by atoms with van der Waals surface area (Å²) in [5.74, 6) is 0. The second kappa shape index (κ2) is 5.22. The summed E-state index contributed by atoms with van der Waals surface area (Å²) >= 11 is 11.8. The van der Waals surface area contributed by atoms with Gasteiger partial charge >= 0.3 is 0 Å². The standard InChI is InChI=1S/C13H8Cl2N2O3S/c14-8-1-3-10(15)12(5-8)17-21(18,19)9-2-4-11-13(6-9)20-7-16-11/h1-7,17H. The van der Waals surface area contributed by atoms with Gasteiger partial charge in [-0.25, -0.2) is 13.4 Å². The first kappa shape index (κ1) is 14.2. The van der Waals surface area contributed by atoms with Crippen LogP contribution in [0, 0.1) is 0 Å². The normalized spacial score (nSPS) is 11.7. The minimum atomic E-state index is -3.80. The molecule has 5 nitrogen and oxygen atoms in total. The van der Waals surface area contributed by atoms with Crippen LogP contribution in [0.4, 0.5) is 5.69 Å². The minimum absolute atomic E-state index is 0.0443. The average Bonchev–Trinajstić information content (AvgIpc) is 2.90. The third-order valence-electron chi connectivity index (χ3n) is 2.79. The SMILES string of the molecule is O=S(=O)(Nc1cc(Cl)ccc1Cl)c1ccc2ncoc2c1. The lowest BCUT2D eigenvalue weighted by atomic mass is 10.3. The second-order valence-electron chi connectivity index (χ2n) is 4.21. The molecule has 0 aliphatic rings.